The zero-order valence-electron chi connectivity index (χ0n) is 19.2. The number of aromatic nitrogens is 3. The molecule has 1 aromatic carbocycles. The molecule has 0 radical (unpaired) electrons. The molecular formula is C23H32FN5O2S. The van der Waals surface area contributed by atoms with Crippen LogP contribution in [-0.4, -0.2) is 32.0 Å². The summed E-state index contributed by atoms with van der Waals surface area (Å²) in [4.78, 5) is 12.5. The fourth-order valence-electron chi connectivity index (χ4n) is 2.92. The summed E-state index contributed by atoms with van der Waals surface area (Å²) < 4.78 is 21.4. The molecule has 0 bridgehead atoms. The zero-order chi connectivity index (χ0) is 23.6. The maximum absolute atomic E-state index is 13.9. The van der Waals surface area contributed by atoms with E-state index in [1.807, 2.05) is 18.4 Å². The van der Waals surface area contributed by atoms with Gasteiger partial charge in [0.25, 0.3) is 0 Å². The third-order valence-electron chi connectivity index (χ3n) is 5.34. The van der Waals surface area contributed by atoms with Gasteiger partial charge >= 0.3 is 0 Å². The molecule has 0 aliphatic rings. The number of nitrogens with one attached hydrogen (secondary N) is 1. The van der Waals surface area contributed by atoms with E-state index in [-0.39, 0.29) is 29.9 Å². The van der Waals surface area contributed by atoms with Gasteiger partial charge in [0.15, 0.2) is 22.5 Å². The number of carbonyl (C=O) groups excluding carboxylic acids is 1. The van der Waals surface area contributed by atoms with Crippen LogP contribution >= 0.6 is 11.8 Å². The van der Waals surface area contributed by atoms with Crippen LogP contribution in [0.2, 0.25) is 0 Å². The molecule has 1 aromatic heterocycles. The molecule has 7 nitrogen and oxygen atoms in total. The smallest absolute Gasteiger partial charge is 0.231 e. The third kappa shape index (κ3) is 7.23. The molecule has 174 valence electrons. The lowest BCUT2D eigenvalue weighted by molar-refractivity contribution is -0.120. The SMILES string of the molecule is CCCCCCn1c(COc2ccccc2F)nnc1SCC(=O)N[C@@](C)(C#N)C(C)C. The fourth-order valence-corrected chi connectivity index (χ4v) is 3.70. The molecule has 0 aliphatic heterocycles. The molecule has 2 rings (SSSR count). The molecule has 1 atom stereocenters. The standard InChI is InChI=1S/C23H32FN5O2S/c1-5-6-7-10-13-29-20(14-31-19-12-9-8-11-18(19)24)27-28-22(29)32-15-21(30)26-23(4,16-25)17(2)3/h8-9,11-12,17H,5-7,10,13-15H2,1-4H3,(H,26,30)/t23-/m0/s1. The summed E-state index contributed by atoms with van der Waals surface area (Å²) in [5.74, 6) is 0.162. The van der Waals surface area contributed by atoms with Crippen molar-refractivity contribution in [2.45, 2.75) is 77.2 Å². The van der Waals surface area contributed by atoms with Crippen molar-refractivity contribution in [3.05, 3.63) is 35.9 Å². The van der Waals surface area contributed by atoms with E-state index in [0.29, 0.717) is 17.5 Å². The molecule has 1 amide bonds. The molecule has 1 heterocycles. The summed E-state index contributed by atoms with van der Waals surface area (Å²) in [6, 6.07) is 8.40. The highest BCUT2D eigenvalue weighted by molar-refractivity contribution is 7.99. The summed E-state index contributed by atoms with van der Waals surface area (Å²) in [5, 5.41) is 21.3. The van der Waals surface area contributed by atoms with Crippen molar-refractivity contribution >= 4 is 17.7 Å². The predicted molar refractivity (Wildman–Crippen MR) is 123 cm³/mol. The number of nitrogens with zero attached hydrogens (tertiary/aromatic N) is 4. The lowest BCUT2D eigenvalue weighted by Gasteiger charge is -2.27. The number of halogens is 1. The second-order valence-corrected chi connectivity index (χ2v) is 9.08. The van der Waals surface area contributed by atoms with Crippen molar-refractivity contribution in [2.75, 3.05) is 5.75 Å². The number of ether oxygens (including phenoxy) is 1. The summed E-state index contributed by atoms with van der Waals surface area (Å²) in [7, 11) is 0. The lowest BCUT2D eigenvalue weighted by atomic mass is 9.90. The molecule has 9 heteroatoms. The average molecular weight is 462 g/mol. The predicted octanol–water partition coefficient (Wildman–Crippen LogP) is 4.72. The van der Waals surface area contributed by atoms with Gasteiger partial charge < -0.3 is 14.6 Å². The van der Waals surface area contributed by atoms with Crippen LogP contribution in [0.5, 0.6) is 5.75 Å². The molecule has 0 saturated heterocycles. The van der Waals surface area contributed by atoms with Crippen LogP contribution in [0.15, 0.2) is 29.4 Å². The van der Waals surface area contributed by atoms with Crippen molar-refractivity contribution in [3.63, 3.8) is 0 Å². The Labute approximate surface area is 193 Å². The van der Waals surface area contributed by atoms with Crippen molar-refractivity contribution in [1.82, 2.24) is 20.1 Å². The summed E-state index contributed by atoms with van der Waals surface area (Å²) in [5.41, 5.74) is -0.926. The quantitative estimate of drug-likeness (QED) is 0.343. The number of nitriles is 1. The zero-order valence-corrected chi connectivity index (χ0v) is 20.0. The number of carbonyl (C=O) groups is 1. The van der Waals surface area contributed by atoms with E-state index in [1.54, 1.807) is 25.1 Å². The number of hydrogen-bond acceptors (Lipinski definition) is 6. The number of amides is 1. The summed E-state index contributed by atoms with van der Waals surface area (Å²) in [6.45, 7) is 8.42. The minimum Gasteiger partial charge on any atom is -0.483 e. The molecule has 0 unspecified atom stereocenters. The molecule has 0 aliphatic carbocycles. The molecule has 2 aromatic rings. The van der Waals surface area contributed by atoms with Crippen LogP contribution in [-0.2, 0) is 17.9 Å². The molecule has 0 spiro atoms. The number of rotatable bonds is 13. The highest BCUT2D eigenvalue weighted by atomic mass is 32.2. The Morgan fingerprint density at radius 3 is 2.72 bits per heavy atom. The number of para-hydroxylation sites is 1. The first-order valence-corrected chi connectivity index (χ1v) is 11.9. The Morgan fingerprint density at radius 1 is 1.31 bits per heavy atom. The van der Waals surface area contributed by atoms with Gasteiger partial charge in [-0.15, -0.1) is 10.2 Å². The average Bonchev–Trinajstić information content (AvgIpc) is 3.16. The fraction of sp³-hybridized carbons (Fsp3) is 0.565. The topological polar surface area (TPSA) is 92.8 Å². The molecule has 32 heavy (non-hydrogen) atoms. The largest absolute Gasteiger partial charge is 0.483 e. The second-order valence-electron chi connectivity index (χ2n) is 8.14. The maximum Gasteiger partial charge on any atom is 0.231 e. The van der Waals surface area contributed by atoms with E-state index < -0.39 is 11.4 Å². The van der Waals surface area contributed by atoms with E-state index in [1.165, 1.54) is 17.8 Å². The van der Waals surface area contributed by atoms with Crippen LogP contribution in [0.1, 0.15) is 59.2 Å². The lowest BCUT2D eigenvalue weighted by Crippen LogP contribution is -2.49. The summed E-state index contributed by atoms with van der Waals surface area (Å²) >= 11 is 1.27. The monoisotopic (exact) mass is 461 g/mol. The van der Waals surface area contributed by atoms with Crippen LogP contribution in [0, 0.1) is 23.1 Å². The van der Waals surface area contributed by atoms with Gasteiger partial charge in [-0.3, -0.25) is 4.79 Å². The Balaban J connectivity index is 2.07. The van der Waals surface area contributed by atoms with Crippen molar-refractivity contribution in [1.29, 1.82) is 5.26 Å². The van der Waals surface area contributed by atoms with Crippen LogP contribution in [0.4, 0.5) is 4.39 Å². The normalized spacial score (nSPS) is 12.9. The van der Waals surface area contributed by atoms with Crippen LogP contribution in [0.25, 0.3) is 0 Å². The maximum atomic E-state index is 13.9. The second kappa shape index (κ2) is 12.4. The number of benzene rings is 1. The Hall–Kier alpha value is -2.60. The molecule has 1 N–H and O–H groups in total. The minimum absolute atomic E-state index is 0.0224. The van der Waals surface area contributed by atoms with E-state index >= 15 is 0 Å². The first-order chi connectivity index (χ1) is 15.3. The van der Waals surface area contributed by atoms with Crippen LogP contribution < -0.4 is 10.1 Å². The van der Waals surface area contributed by atoms with Gasteiger partial charge in [-0.2, -0.15) is 5.26 Å². The minimum atomic E-state index is -0.926. The highest BCUT2D eigenvalue weighted by Gasteiger charge is 2.30. The molecule has 0 fully saturated rings. The Kier molecular flexibility index (Phi) is 9.97. The third-order valence-corrected chi connectivity index (χ3v) is 6.31. The van der Waals surface area contributed by atoms with Gasteiger partial charge in [0.2, 0.25) is 5.91 Å². The molecular weight excluding hydrogens is 429 g/mol. The van der Waals surface area contributed by atoms with Gasteiger partial charge in [0.1, 0.15) is 12.1 Å². The Bertz CT molecular complexity index is 927. The van der Waals surface area contributed by atoms with E-state index in [0.717, 1.165) is 25.7 Å². The first-order valence-electron chi connectivity index (χ1n) is 10.9. The molecule has 0 saturated carbocycles. The number of unbranched alkanes of at least 4 members (excludes halogenated alkanes) is 3. The number of hydrogen-bond donors (Lipinski definition) is 1. The van der Waals surface area contributed by atoms with Gasteiger partial charge in [0, 0.05) is 6.54 Å². The van der Waals surface area contributed by atoms with E-state index in [9.17, 15) is 14.4 Å². The van der Waals surface area contributed by atoms with E-state index in [2.05, 4.69) is 28.5 Å². The Morgan fingerprint density at radius 2 is 2.06 bits per heavy atom. The van der Waals surface area contributed by atoms with Crippen molar-refractivity contribution in [2.24, 2.45) is 5.92 Å². The van der Waals surface area contributed by atoms with Crippen LogP contribution in [0.3, 0.4) is 0 Å². The van der Waals surface area contributed by atoms with Gasteiger partial charge in [-0.05, 0) is 31.4 Å². The summed E-state index contributed by atoms with van der Waals surface area (Å²) in [6.07, 6.45) is 4.27. The van der Waals surface area contributed by atoms with Gasteiger partial charge in [-0.25, -0.2) is 4.39 Å². The van der Waals surface area contributed by atoms with Gasteiger partial charge in [0.05, 0.1) is 11.8 Å². The van der Waals surface area contributed by atoms with Crippen molar-refractivity contribution < 1.29 is 13.9 Å². The number of thioether (sulfide) groups is 1. The van der Waals surface area contributed by atoms with Gasteiger partial charge in [-0.1, -0.05) is 63.9 Å². The van der Waals surface area contributed by atoms with E-state index in [4.69, 9.17) is 4.74 Å². The first kappa shape index (κ1) is 25.7. The highest BCUT2D eigenvalue weighted by Crippen LogP contribution is 2.22. The van der Waals surface area contributed by atoms with Crippen molar-refractivity contribution in [3.8, 4) is 11.8 Å².